The molecule has 0 amide bonds. The second-order valence-corrected chi connectivity index (χ2v) is 6.97. The van der Waals surface area contributed by atoms with Gasteiger partial charge in [0.2, 0.25) is 0 Å². The second kappa shape index (κ2) is 8.10. The number of rotatable bonds is 8. The van der Waals surface area contributed by atoms with Gasteiger partial charge in [0.1, 0.15) is 5.41 Å². The van der Waals surface area contributed by atoms with Gasteiger partial charge in [-0.3, -0.25) is 4.79 Å². The fourth-order valence-corrected chi connectivity index (χ4v) is 2.85. The molecule has 2 rings (SSSR count). The molecule has 1 saturated carbocycles. The highest BCUT2D eigenvalue weighted by Crippen LogP contribution is 2.48. The molecule has 134 valence electrons. The standard InChI is InChI=1S/C19H28O5/c1-13(2)23-17(20)19(18(21)24-14(3)4)10-16(11-19)22-12-15-8-6-5-7-9-15/h5-9,13-14,16-17,20H,10-12H2,1-4H3. The quantitative estimate of drug-likeness (QED) is 0.584. The fraction of sp³-hybridized carbons (Fsp3) is 0.632. The predicted molar refractivity (Wildman–Crippen MR) is 90.1 cm³/mol. The fourth-order valence-electron chi connectivity index (χ4n) is 2.85. The summed E-state index contributed by atoms with van der Waals surface area (Å²) in [6.45, 7) is 7.73. The number of benzene rings is 1. The number of esters is 1. The first-order valence-corrected chi connectivity index (χ1v) is 8.53. The van der Waals surface area contributed by atoms with Crippen LogP contribution in [0.15, 0.2) is 30.3 Å². The van der Waals surface area contributed by atoms with Crippen LogP contribution in [0.4, 0.5) is 0 Å². The third-order valence-electron chi connectivity index (χ3n) is 4.14. The lowest BCUT2D eigenvalue weighted by molar-refractivity contribution is -0.253. The minimum absolute atomic E-state index is 0.0877. The van der Waals surface area contributed by atoms with Crippen molar-refractivity contribution in [2.45, 2.75) is 71.7 Å². The topological polar surface area (TPSA) is 65.0 Å². The average molecular weight is 336 g/mol. The molecule has 1 fully saturated rings. The lowest BCUT2D eigenvalue weighted by atomic mass is 9.66. The Bertz CT molecular complexity index is 520. The van der Waals surface area contributed by atoms with E-state index in [0.29, 0.717) is 19.4 Å². The zero-order valence-electron chi connectivity index (χ0n) is 14.9. The summed E-state index contributed by atoms with van der Waals surface area (Å²) in [7, 11) is 0. The monoisotopic (exact) mass is 336 g/mol. The Hall–Kier alpha value is -1.43. The summed E-state index contributed by atoms with van der Waals surface area (Å²) in [5.74, 6) is -0.412. The molecule has 1 atom stereocenters. The van der Waals surface area contributed by atoms with Gasteiger partial charge < -0.3 is 19.3 Å². The Morgan fingerprint density at radius 3 is 2.33 bits per heavy atom. The normalized spacial score (nSPS) is 24.7. The van der Waals surface area contributed by atoms with E-state index in [2.05, 4.69) is 0 Å². The number of aliphatic hydroxyl groups is 1. The van der Waals surface area contributed by atoms with E-state index in [0.717, 1.165) is 5.56 Å². The molecular formula is C19H28O5. The maximum atomic E-state index is 12.5. The molecule has 1 aliphatic rings. The molecule has 1 aromatic rings. The zero-order valence-corrected chi connectivity index (χ0v) is 14.9. The van der Waals surface area contributed by atoms with Gasteiger partial charge >= 0.3 is 5.97 Å². The molecule has 1 aliphatic carbocycles. The molecule has 0 saturated heterocycles. The highest BCUT2D eigenvalue weighted by atomic mass is 16.6. The summed E-state index contributed by atoms with van der Waals surface area (Å²) in [5.41, 5.74) is 0.0503. The number of hydrogen-bond donors (Lipinski definition) is 1. The van der Waals surface area contributed by atoms with Gasteiger partial charge in [-0.05, 0) is 46.1 Å². The van der Waals surface area contributed by atoms with E-state index in [4.69, 9.17) is 14.2 Å². The summed E-state index contributed by atoms with van der Waals surface area (Å²) < 4.78 is 16.7. The molecular weight excluding hydrogens is 308 g/mol. The summed E-state index contributed by atoms with van der Waals surface area (Å²) in [6, 6.07) is 9.87. The number of ether oxygens (including phenoxy) is 3. The van der Waals surface area contributed by atoms with Crippen molar-refractivity contribution in [2.75, 3.05) is 0 Å². The minimum atomic E-state index is -1.18. The molecule has 1 aromatic carbocycles. The van der Waals surface area contributed by atoms with Crippen molar-refractivity contribution in [3.63, 3.8) is 0 Å². The molecule has 0 radical (unpaired) electrons. The van der Waals surface area contributed by atoms with Gasteiger partial charge in [0.25, 0.3) is 0 Å². The highest BCUT2D eigenvalue weighted by Gasteiger charge is 2.58. The third-order valence-corrected chi connectivity index (χ3v) is 4.14. The smallest absolute Gasteiger partial charge is 0.317 e. The van der Waals surface area contributed by atoms with Crippen LogP contribution in [0, 0.1) is 5.41 Å². The van der Waals surface area contributed by atoms with Crippen molar-refractivity contribution in [1.29, 1.82) is 0 Å². The third kappa shape index (κ3) is 4.56. The van der Waals surface area contributed by atoms with Crippen LogP contribution in [0.1, 0.15) is 46.1 Å². The van der Waals surface area contributed by atoms with Gasteiger partial charge in [0.05, 0.1) is 24.9 Å². The first-order chi connectivity index (χ1) is 11.3. The number of aliphatic hydroxyl groups excluding tert-OH is 1. The Morgan fingerprint density at radius 1 is 1.17 bits per heavy atom. The number of carbonyl (C=O) groups is 1. The van der Waals surface area contributed by atoms with Crippen LogP contribution in [-0.4, -0.2) is 35.7 Å². The Balaban J connectivity index is 1.96. The van der Waals surface area contributed by atoms with Crippen molar-refractivity contribution >= 4 is 5.97 Å². The van der Waals surface area contributed by atoms with Crippen molar-refractivity contribution in [3.05, 3.63) is 35.9 Å². The van der Waals surface area contributed by atoms with Crippen molar-refractivity contribution in [3.8, 4) is 0 Å². The van der Waals surface area contributed by atoms with Crippen LogP contribution in [-0.2, 0) is 25.6 Å². The van der Waals surface area contributed by atoms with Crippen LogP contribution < -0.4 is 0 Å². The SMILES string of the molecule is CC(C)OC(=O)C1(C(O)OC(C)C)CC(OCc2ccccc2)C1. The zero-order chi connectivity index (χ0) is 17.7. The average Bonchev–Trinajstić information content (AvgIpc) is 2.45. The van der Waals surface area contributed by atoms with E-state index < -0.39 is 17.7 Å². The highest BCUT2D eigenvalue weighted by molar-refractivity contribution is 5.79. The maximum Gasteiger partial charge on any atom is 0.317 e. The van der Waals surface area contributed by atoms with Gasteiger partial charge in [0, 0.05) is 0 Å². The first kappa shape index (κ1) is 18.9. The minimum Gasteiger partial charge on any atom is -0.462 e. The summed E-state index contributed by atoms with van der Waals surface area (Å²) >= 11 is 0. The number of carbonyl (C=O) groups excluding carboxylic acids is 1. The molecule has 5 heteroatoms. The Kier molecular flexibility index (Phi) is 6.38. The molecule has 0 aliphatic heterocycles. The van der Waals surface area contributed by atoms with Crippen molar-refractivity contribution in [1.82, 2.24) is 0 Å². The van der Waals surface area contributed by atoms with Crippen LogP contribution in [0.5, 0.6) is 0 Å². The molecule has 1 N–H and O–H groups in total. The molecule has 0 aromatic heterocycles. The van der Waals surface area contributed by atoms with Crippen LogP contribution >= 0.6 is 0 Å². The number of hydrogen-bond acceptors (Lipinski definition) is 5. The van der Waals surface area contributed by atoms with E-state index in [1.807, 2.05) is 44.2 Å². The van der Waals surface area contributed by atoms with Gasteiger partial charge in [0.15, 0.2) is 6.29 Å². The van der Waals surface area contributed by atoms with Gasteiger partial charge in [-0.25, -0.2) is 0 Å². The molecule has 24 heavy (non-hydrogen) atoms. The van der Waals surface area contributed by atoms with Crippen molar-refractivity contribution in [2.24, 2.45) is 5.41 Å². The van der Waals surface area contributed by atoms with Crippen molar-refractivity contribution < 1.29 is 24.1 Å². The molecule has 5 nitrogen and oxygen atoms in total. The molecule has 0 spiro atoms. The second-order valence-electron chi connectivity index (χ2n) is 6.97. The van der Waals surface area contributed by atoms with E-state index in [1.165, 1.54) is 0 Å². The first-order valence-electron chi connectivity index (χ1n) is 8.53. The van der Waals surface area contributed by atoms with Crippen LogP contribution in [0.2, 0.25) is 0 Å². The lowest BCUT2D eigenvalue weighted by Gasteiger charge is -2.47. The Morgan fingerprint density at radius 2 is 1.79 bits per heavy atom. The van der Waals surface area contributed by atoms with E-state index in [-0.39, 0.29) is 18.3 Å². The van der Waals surface area contributed by atoms with Crippen LogP contribution in [0.25, 0.3) is 0 Å². The predicted octanol–water partition coefficient (Wildman–Crippen LogP) is 3.05. The Labute approximate surface area is 143 Å². The lowest BCUT2D eigenvalue weighted by Crippen LogP contribution is -2.57. The van der Waals surface area contributed by atoms with E-state index >= 15 is 0 Å². The molecule has 0 bridgehead atoms. The van der Waals surface area contributed by atoms with Gasteiger partial charge in [-0.2, -0.15) is 0 Å². The largest absolute Gasteiger partial charge is 0.462 e. The van der Waals surface area contributed by atoms with Gasteiger partial charge in [-0.15, -0.1) is 0 Å². The van der Waals surface area contributed by atoms with E-state index in [1.54, 1.807) is 13.8 Å². The van der Waals surface area contributed by atoms with E-state index in [9.17, 15) is 9.90 Å². The van der Waals surface area contributed by atoms with Crippen LogP contribution in [0.3, 0.4) is 0 Å². The molecule has 1 unspecified atom stereocenters. The molecule has 0 heterocycles. The van der Waals surface area contributed by atoms with Gasteiger partial charge in [-0.1, -0.05) is 30.3 Å². The summed E-state index contributed by atoms with van der Waals surface area (Å²) in [5, 5.41) is 10.4. The summed E-state index contributed by atoms with van der Waals surface area (Å²) in [6.07, 6.45) is -0.868. The maximum absolute atomic E-state index is 12.5. The summed E-state index contributed by atoms with van der Waals surface area (Å²) in [4.78, 5) is 12.5.